The molecule has 0 radical (unpaired) electrons. The molecule has 1 saturated heterocycles. The zero-order valence-corrected chi connectivity index (χ0v) is 20.4. The Balaban J connectivity index is 1.28. The molecule has 10 heteroatoms. The molecule has 3 aromatic rings. The van der Waals surface area contributed by atoms with Crippen LogP contribution in [0, 0.1) is 0 Å². The number of aryl methyl sites for hydroxylation is 1. The molecule has 1 amide bonds. The maximum atomic E-state index is 13.5. The van der Waals surface area contributed by atoms with E-state index < -0.39 is 12.0 Å². The molecule has 0 bridgehead atoms. The second-order valence-electron chi connectivity index (χ2n) is 9.65. The van der Waals surface area contributed by atoms with Crippen molar-refractivity contribution in [2.45, 2.75) is 50.9 Å². The van der Waals surface area contributed by atoms with E-state index in [1.54, 1.807) is 24.7 Å². The SMILES string of the molecule is O=C(O)C(c1ncn2c1CCC2)N1Cc2c(Cl)cc(-c3ccc(N4CCC(O)CC4)nc3)cc2C1=O. The molecule has 0 saturated carbocycles. The van der Waals surface area contributed by atoms with E-state index in [2.05, 4.69) is 14.9 Å². The number of hydrogen-bond acceptors (Lipinski definition) is 6. The highest BCUT2D eigenvalue weighted by atomic mass is 35.5. The van der Waals surface area contributed by atoms with Gasteiger partial charge >= 0.3 is 5.97 Å². The number of pyridine rings is 1. The summed E-state index contributed by atoms with van der Waals surface area (Å²) in [6.45, 7) is 2.44. The number of hydrogen-bond donors (Lipinski definition) is 2. The highest BCUT2D eigenvalue weighted by molar-refractivity contribution is 6.32. The minimum Gasteiger partial charge on any atom is -0.479 e. The van der Waals surface area contributed by atoms with Crippen molar-refractivity contribution in [2.75, 3.05) is 18.0 Å². The van der Waals surface area contributed by atoms with Crippen LogP contribution in [-0.4, -0.2) is 60.7 Å². The first-order valence-corrected chi connectivity index (χ1v) is 12.6. The van der Waals surface area contributed by atoms with Crippen LogP contribution in [0.15, 0.2) is 36.8 Å². The smallest absolute Gasteiger partial charge is 0.332 e. The summed E-state index contributed by atoms with van der Waals surface area (Å²) in [6, 6.07) is 6.28. The average molecular weight is 508 g/mol. The third-order valence-corrected chi connectivity index (χ3v) is 7.82. The van der Waals surface area contributed by atoms with Gasteiger partial charge in [0.25, 0.3) is 5.91 Å². The molecule has 2 N–H and O–H groups in total. The van der Waals surface area contributed by atoms with Gasteiger partial charge < -0.3 is 24.6 Å². The van der Waals surface area contributed by atoms with Crippen molar-refractivity contribution < 1.29 is 19.8 Å². The van der Waals surface area contributed by atoms with Gasteiger partial charge in [-0.3, -0.25) is 4.79 Å². The lowest BCUT2D eigenvalue weighted by molar-refractivity contribution is -0.142. The lowest BCUT2D eigenvalue weighted by Crippen LogP contribution is -2.36. The number of aliphatic hydroxyl groups is 1. The van der Waals surface area contributed by atoms with E-state index in [0.29, 0.717) is 21.8 Å². The molecule has 1 unspecified atom stereocenters. The fourth-order valence-electron chi connectivity index (χ4n) is 5.53. The summed E-state index contributed by atoms with van der Waals surface area (Å²) in [7, 11) is 0. The highest BCUT2D eigenvalue weighted by Gasteiger charge is 2.41. The number of carbonyl (C=O) groups excluding carboxylic acids is 1. The number of carboxylic acids is 1. The number of aromatic nitrogens is 3. The summed E-state index contributed by atoms with van der Waals surface area (Å²) < 4.78 is 1.97. The molecular formula is C26H26ClN5O4. The monoisotopic (exact) mass is 507 g/mol. The van der Waals surface area contributed by atoms with E-state index in [4.69, 9.17) is 11.6 Å². The van der Waals surface area contributed by atoms with Crippen LogP contribution in [-0.2, 0) is 24.3 Å². The van der Waals surface area contributed by atoms with Gasteiger partial charge in [0.1, 0.15) is 5.82 Å². The molecule has 1 aromatic carbocycles. The fourth-order valence-corrected chi connectivity index (χ4v) is 5.81. The summed E-state index contributed by atoms with van der Waals surface area (Å²) in [4.78, 5) is 38.3. The maximum Gasteiger partial charge on any atom is 0.332 e. The number of piperidine rings is 1. The number of carboxylic acid groups (broad SMARTS) is 1. The number of nitrogens with zero attached hydrogens (tertiary/aromatic N) is 5. The normalized spacial score (nSPS) is 18.4. The van der Waals surface area contributed by atoms with Crippen molar-refractivity contribution in [1.29, 1.82) is 0 Å². The fraction of sp³-hybridized carbons (Fsp3) is 0.385. The molecule has 3 aliphatic heterocycles. The van der Waals surface area contributed by atoms with E-state index in [0.717, 1.165) is 68.0 Å². The topological polar surface area (TPSA) is 112 Å². The Morgan fingerprint density at radius 2 is 1.92 bits per heavy atom. The minimum atomic E-state index is -1.16. The Morgan fingerprint density at radius 3 is 2.64 bits per heavy atom. The van der Waals surface area contributed by atoms with Gasteiger partial charge in [-0.25, -0.2) is 14.8 Å². The summed E-state index contributed by atoms with van der Waals surface area (Å²) in [6.07, 6.45) is 6.30. The van der Waals surface area contributed by atoms with Crippen LogP contribution in [0.5, 0.6) is 0 Å². The number of rotatable bonds is 5. The zero-order valence-electron chi connectivity index (χ0n) is 19.6. The van der Waals surface area contributed by atoms with Crippen molar-refractivity contribution in [3.05, 3.63) is 64.3 Å². The lowest BCUT2D eigenvalue weighted by atomic mass is 10.0. The molecule has 6 rings (SSSR count). The number of fused-ring (bicyclic) bond motifs is 2. The number of carbonyl (C=O) groups is 2. The number of imidazole rings is 1. The van der Waals surface area contributed by atoms with Crippen LogP contribution in [0.4, 0.5) is 5.82 Å². The van der Waals surface area contributed by atoms with Crippen LogP contribution >= 0.6 is 11.6 Å². The third kappa shape index (κ3) is 3.83. The molecular weight excluding hydrogens is 482 g/mol. The maximum absolute atomic E-state index is 13.5. The molecule has 1 atom stereocenters. The van der Waals surface area contributed by atoms with E-state index in [9.17, 15) is 19.8 Å². The van der Waals surface area contributed by atoms with E-state index in [-0.39, 0.29) is 18.6 Å². The van der Waals surface area contributed by atoms with Gasteiger partial charge in [0.05, 0.1) is 18.1 Å². The Labute approximate surface area is 213 Å². The van der Waals surface area contributed by atoms with Crippen molar-refractivity contribution in [1.82, 2.24) is 19.4 Å². The quantitative estimate of drug-likeness (QED) is 0.545. The predicted molar refractivity (Wildman–Crippen MR) is 133 cm³/mol. The predicted octanol–water partition coefficient (Wildman–Crippen LogP) is 3.29. The van der Waals surface area contributed by atoms with Gasteiger partial charge in [0.15, 0.2) is 6.04 Å². The average Bonchev–Trinajstić information content (AvgIpc) is 3.57. The Morgan fingerprint density at radius 1 is 1.11 bits per heavy atom. The standard InChI is InChI=1S/C26H26ClN5O4/c27-20-11-16(15-3-4-22(28-12-15)30-8-5-17(33)6-9-30)10-18-19(20)13-32(25(18)34)24(26(35)36)23-21-2-1-7-31(21)14-29-23/h3-4,10-12,14,17,24,33H,1-2,5-9,13H2,(H,35,36). The Kier molecular flexibility index (Phi) is 5.69. The van der Waals surface area contributed by atoms with Crippen LogP contribution in [0.2, 0.25) is 5.02 Å². The first kappa shape index (κ1) is 23.0. The van der Waals surface area contributed by atoms with Crippen LogP contribution in [0.1, 0.15) is 52.6 Å². The zero-order chi connectivity index (χ0) is 25.0. The lowest BCUT2D eigenvalue weighted by Gasteiger charge is -2.30. The second kappa shape index (κ2) is 8.90. The molecule has 186 valence electrons. The molecule has 0 aliphatic carbocycles. The second-order valence-corrected chi connectivity index (χ2v) is 10.1. The van der Waals surface area contributed by atoms with Gasteiger partial charge in [-0.1, -0.05) is 11.6 Å². The first-order chi connectivity index (χ1) is 17.4. The molecule has 36 heavy (non-hydrogen) atoms. The van der Waals surface area contributed by atoms with Crippen molar-refractivity contribution in [2.24, 2.45) is 0 Å². The number of benzene rings is 1. The van der Waals surface area contributed by atoms with Crippen LogP contribution < -0.4 is 4.90 Å². The molecule has 9 nitrogen and oxygen atoms in total. The number of amides is 1. The van der Waals surface area contributed by atoms with Gasteiger partial charge in [-0.05, 0) is 55.5 Å². The number of aliphatic carboxylic acids is 1. The molecule has 5 heterocycles. The van der Waals surface area contributed by atoms with Crippen LogP contribution in [0.25, 0.3) is 11.1 Å². The summed E-state index contributed by atoms with van der Waals surface area (Å²) >= 11 is 6.63. The van der Waals surface area contributed by atoms with E-state index >= 15 is 0 Å². The number of aliphatic hydroxyl groups excluding tert-OH is 1. The van der Waals surface area contributed by atoms with Crippen LogP contribution in [0.3, 0.4) is 0 Å². The minimum absolute atomic E-state index is 0.120. The van der Waals surface area contributed by atoms with Crippen molar-refractivity contribution in [3.8, 4) is 11.1 Å². The Hall–Kier alpha value is -3.43. The summed E-state index contributed by atoms with van der Waals surface area (Å²) in [5.41, 5.74) is 3.91. The molecule has 2 aromatic heterocycles. The Bertz CT molecular complexity index is 1350. The van der Waals surface area contributed by atoms with Crippen molar-refractivity contribution >= 4 is 29.3 Å². The van der Waals surface area contributed by atoms with Crippen molar-refractivity contribution in [3.63, 3.8) is 0 Å². The highest BCUT2D eigenvalue weighted by Crippen LogP contribution is 2.39. The van der Waals surface area contributed by atoms with Gasteiger partial charge in [-0.15, -0.1) is 0 Å². The number of anilines is 1. The first-order valence-electron chi connectivity index (χ1n) is 12.2. The summed E-state index contributed by atoms with van der Waals surface area (Å²) in [5.74, 6) is -0.625. The largest absolute Gasteiger partial charge is 0.479 e. The third-order valence-electron chi connectivity index (χ3n) is 7.48. The van der Waals surface area contributed by atoms with E-state index in [1.165, 1.54) is 4.90 Å². The van der Waals surface area contributed by atoms with E-state index in [1.807, 2.05) is 16.7 Å². The number of halogens is 1. The summed E-state index contributed by atoms with van der Waals surface area (Å²) in [5, 5.41) is 20.2. The van der Waals surface area contributed by atoms with Gasteiger partial charge in [0, 0.05) is 59.8 Å². The van der Waals surface area contributed by atoms with Gasteiger partial charge in [0.2, 0.25) is 0 Å². The molecule has 0 spiro atoms. The molecule has 3 aliphatic rings. The molecule has 1 fully saturated rings. The van der Waals surface area contributed by atoms with Gasteiger partial charge in [-0.2, -0.15) is 0 Å².